The molecule has 0 radical (unpaired) electrons. The molecule has 0 amide bonds. The van der Waals surface area contributed by atoms with Crippen molar-refractivity contribution in [1.82, 2.24) is 0 Å². The molecule has 5 heteroatoms. The van der Waals surface area contributed by atoms with Crippen molar-refractivity contribution >= 4 is 17.6 Å². The summed E-state index contributed by atoms with van der Waals surface area (Å²) < 4.78 is 5.03. The first-order valence-corrected chi connectivity index (χ1v) is 5.15. The maximum Gasteiger partial charge on any atom is 0.337 e. The Labute approximate surface area is 98.4 Å². The lowest BCUT2D eigenvalue weighted by molar-refractivity contribution is -0.151. The van der Waals surface area contributed by atoms with E-state index in [-0.39, 0.29) is 13.2 Å². The van der Waals surface area contributed by atoms with E-state index in [1.54, 1.807) is 18.2 Å². The monoisotopic (exact) mass is 244 g/mol. The second-order valence-corrected chi connectivity index (χ2v) is 3.73. The summed E-state index contributed by atoms with van der Waals surface area (Å²) in [6.45, 7) is 1.59. The highest BCUT2D eigenvalue weighted by Crippen LogP contribution is 2.23. The second kappa shape index (κ2) is 5.84. The number of benzene rings is 1. The van der Waals surface area contributed by atoms with Crippen molar-refractivity contribution in [2.24, 2.45) is 0 Å². The summed E-state index contributed by atoms with van der Waals surface area (Å²) in [5.41, 5.74) is 1.34. The number of aliphatic hydroxyl groups excluding tert-OH is 1. The normalized spacial score (nSPS) is 12.4. The average Bonchev–Trinajstić information content (AvgIpc) is 2.23. The lowest BCUT2D eigenvalue weighted by atomic mass is 10.1. The van der Waals surface area contributed by atoms with Crippen molar-refractivity contribution in [2.45, 2.75) is 13.0 Å². The van der Waals surface area contributed by atoms with E-state index in [2.05, 4.69) is 0 Å². The van der Waals surface area contributed by atoms with Gasteiger partial charge in [0.1, 0.15) is 0 Å². The van der Waals surface area contributed by atoms with Crippen LogP contribution in [-0.2, 0) is 9.53 Å². The summed E-state index contributed by atoms with van der Waals surface area (Å²) in [6.07, 6.45) is -1.09. The molecule has 88 valence electrons. The van der Waals surface area contributed by atoms with Gasteiger partial charge in [-0.2, -0.15) is 0 Å². The summed E-state index contributed by atoms with van der Waals surface area (Å²) in [5, 5.41) is 18.1. The van der Waals surface area contributed by atoms with E-state index >= 15 is 0 Å². The maximum absolute atomic E-state index is 11.0. The molecule has 1 atom stereocenters. The van der Waals surface area contributed by atoms with Crippen LogP contribution < -0.4 is 0 Å². The first-order chi connectivity index (χ1) is 7.56. The summed E-state index contributed by atoms with van der Waals surface area (Å²) in [4.78, 5) is 11.0. The maximum atomic E-state index is 11.0. The molecule has 1 unspecified atom stereocenters. The Kier molecular flexibility index (Phi) is 4.73. The first-order valence-electron chi connectivity index (χ1n) is 4.77. The molecule has 0 fully saturated rings. The van der Waals surface area contributed by atoms with Crippen molar-refractivity contribution in [2.75, 3.05) is 13.2 Å². The minimum Gasteiger partial charge on any atom is -0.479 e. The number of carboxylic acids is 1. The second-order valence-electron chi connectivity index (χ2n) is 3.32. The van der Waals surface area contributed by atoms with Crippen LogP contribution in [0.4, 0.5) is 0 Å². The van der Waals surface area contributed by atoms with E-state index in [4.69, 9.17) is 26.6 Å². The van der Waals surface area contributed by atoms with Gasteiger partial charge in [-0.15, -0.1) is 0 Å². The first kappa shape index (κ1) is 13.0. The van der Waals surface area contributed by atoms with Crippen molar-refractivity contribution in [3.8, 4) is 0 Å². The molecule has 2 N–H and O–H groups in total. The number of aliphatic hydroxyl groups is 1. The molecule has 0 saturated heterocycles. The molecule has 0 aliphatic rings. The van der Waals surface area contributed by atoms with Gasteiger partial charge in [-0.05, 0) is 24.1 Å². The zero-order valence-electron chi connectivity index (χ0n) is 8.81. The number of rotatable bonds is 5. The molecule has 1 rings (SSSR count). The van der Waals surface area contributed by atoms with Crippen LogP contribution in [0, 0.1) is 6.92 Å². The molecule has 0 saturated carbocycles. The fourth-order valence-electron chi connectivity index (χ4n) is 1.25. The van der Waals surface area contributed by atoms with E-state index in [1.165, 1.54) is 0 Å². The van der Waals surface area contributed by atoms with Crippen LogP contribution in [0.2, 0.25) is 5.02 Å². The van der Waals surface area contributed by atoms with Gasteiger partial charge in [0.05, 0.1) is 13.2 Å². The molecule has 0 heterocycles. The fraction of sp³-hybridized carbons (Fsp3) is 0.364. The highest BCUT2D eigenvalue weighted by Gasteiger charge is 2.20. The third-order valence-electron chi connectivity index (χ3n) is 2.10. The lowest BCUT2D eigenvalue weighted by Crippen LogP contribution is -2.17. The molecular formula is C11H13ClO4. The minimum absolute atomic E-state index is 0.0253. The smallest absolute Gasteiger partial charge is 0.337 e. The quantitative estimate of drug-likeness (QED) is 0.829. The van der Waals surface area contributed by atoms with Gasteiger partial charge >= 0.3 is 5.97 Å². The highest BCUT2D eigenvalue weighted by atomic mass is 35.5. The van der Waals surface area contributed by atoms with E-state index in [0.717, 1.165) is 5.56 Å². The number of hydrogen-bond donors (Lipinski definition) is 2. The van der Waals surface area contributed by atoms with Gasteiger partial charge in [-0.25, -0.2) is 4.79 Å². The van der Waals surface area contributed by atoms with E-state index in [0.29, 0.717) is 10.6 Å². The average molecular weight is 245 g/mol. The number of ether oxygens (including phenoxy) is 1. The molecule has 0 aliphatic carbocycles. The molecule has 0 spiro atoms. The van der Waals surface area contributed by atoms with E-state index < -0.39 is 12.1 Å². The largest absolute Gasteiger partial charge is 0.479 e. The number of hydrogen-bond acceptors (Lipinski definition) is 3. The van der Waals surface area contributed by atoms with Crippen LogP contribution in [0.1, 0.15) is 17.2 Å². The Bertz CT molecular complexity index is 378. The van der Waals surface area contributed by atoms with Crippen molar-refractivity contribution in [1.29, 1.82) is 0 Å². The molecule has 1 aromatic rings. The Morgan fingerprint density at radius 1 is 1.56 bits per heavy atom. The summed E-state index contributed by atoms with van der Waals surface area (Å²) in [5.74, 6) is -1.10. The Morgan fingerprint density at radius 2 is 2.25 bits per heavy atom. The van der Waals surface area contributed by atoms with Crippen molar-refractivity contribution in [3.63, 3.8) is 0 Å². The van der Waals surface area contributed by atoms with Gasteiger partial charge in [-0.3, -0.25) is 0 Å². The van der Waals surface area contributed by atoms with Gasteiger partial charge in [0.25, 0.3) is 0 Å². The zero-order valence-corrected chi connectivity index (χ0v) is 9.57. The zero-order chi connectivity index (χ0) is 12.1. The summed E-state index contributed by atoms with van der Waals surface area (Å²) in [6, 6.07) is 4.94. The van der Waals surface area contributed by atoms with Crippen LogP contribution in [0.15, 0.2) is 18.2 Å². The fourth-order valence-corrected chi connectivity index (χ4v) is 1.44. The van der Waals surface area contributed by atoms with Crippen LogP contribution in [0.5, 0.6) is 0 Å². The lowest BCUT2D eigenvalue weighted by Gasteiger charge is -2.14. The molecule has 1 aromatic carbocycles. The number of carbonyl (C=O) groups is 1. The molecule has 0 bridgehead atoms. The number of halogens is 1. The van der Waals surface area contributed by atoms with Crippen LogP contribution in [0.25, 0.3) is 0 Å². The number of aliphatic carboxylic acids is 1. The van der Waals surface area contributed by atoms with Crippen LogP contribution >= 0.6 is 11.6 Å². The minimum atomic E-state index is -1.10. The number of carboxylic acid groups (broad SMARTS) is 1. The van der Waals surface area contributed by atoms with Crippen molar-refractivity contribution in [3.05, 3.63) is 34.3 Å². The molecule has 0 aromatic heterocycles. The third-order valence-corrected chi connectivity index (χ3v) is 2.51. The van der Waals surface area contributed by atoms with Crippen LogP contribution in [0.3, 0.4) is 0 Å². The molecular weight excluding hydrogens is 232 g/mol. The van der Waals surface area contributed by atoms with E-state index in [1.807, 2.05) is 6.92 Å². The Balaban J connectivity index is 2.92. The van der Waals surface area contributed by atoms with Gasteiger partial charge in [-0.1, -0.05) is 23.7 Å². The standard InChI is InChI=1S/C11H13ClO4/c1-7-2-3-8(6-9(7)12)10(11(14)15)16-5-4-13/h2-3,6,10,13H,4-5H2,1H3,(H,14,15). The van der Waals surface area contributed by atoms with Crippen molar-refractivity contribution < 1.29 is 19.7 Å². The van der Waals surface area contributed by atoms with Crippen LogP contribution in [-0.4, -0.2) is 29.4 Å². The molecule has 0 aliphatic heterocycles. The highest BCUT2D eigenvalue weighted by molar-refractivity contribution is 6.31. The third kappa shape index (κ3) is 3.20. The summed E-state index contributed by atoms with van der Waals surface area (Å²) >= 11 is 5.90. The Hall–Kier alpha value is -1.10. The topological polar surface area (TPSA) is 66.8 Å². The van der Waals surface area contributed by atoms with Gasteiger partial charge in [0, 0.05) is 5.02 Å². The number of aryl methyl sites for hydroxylation is 1. The molecule has 16 heavy (non-hydrogen) atoms. The predicted octanol–water partition coefficient (Wildman–Crippen LogP) is 1.78. The Morgan fingerprint density at radius 3 is 2.75 bits per heavy atom. The van der Waals surface area contributed by atoms with Gasteiger partial charge in [0.2, 0.25) is 0 Å². The van der Waals surface area contributed by atoms with Gasteiger partial charge in [0.15, 0.2) is 6.10 Å². The van der Waals surface area contributed by atoms with E-state index in [9.17, 15) is 4.79 Å². The predicted molar refractivity (Wildman–Crippen MR) is 59.6 cm³/mol. The van der Waals surface area contributed by atoms with Gasteiger partial charge < -0.3 is 14.9 Å². The SMILES string of the molecule is Cc1ccc(C(OCCO)C(=O)O)cc1Cl. The molecule has 4 nitrogen and oxygen atoms in total. The summed E-state index contributed by atoms with van der Waals surface area (Å²) in [7, 11) is 0.